The quantitative estimate of drug-likeness (QED) is 0.746. The van der Waals surface area contributed by atoms with Crippen molar-refractivity contribution in [2.75, 3.05) is 5.32 Å². The molecule has 0 unspecified atom stereocenters. The summed E-state index contributed by atoms with van der Waals surface area (Å²) in [6.07, 6.45) is 1.84. The molecule has 0 aliphatic heterocycles. The van der Waals surface area contributed by atoms with Crippen molar-refractivity contribution >= 4 is 22.5 Å². The van der Waals surface area contributed by atoms with Crippen LogP contribution in [-0.4, -0.2) is 10.9 Å². The molecule has 0 atom stereocenters. The summed E-state index contributed by atoms with van der Waals surface area (Å²) in [6, 6.07) is 14.0. The minimum Gasteiger partial charge on any atom is -0.361 e. The van der Waals surface area contributed by atoms with Crippen molar-refractivity contribution < 1.29 is 9.18 Å². The lowest BCUT2D eigenvalue weighted by Gasteiger charge is -2.23. The fraction of sp³-hybridized carbons (Fsp3) is 0.167. The van der Waals surface area contributed by atoms with Crippen LogP contribution in [0.15, 0.2) is 54.7 Å². The molecule has 1 aromatic heterocycles. The number of hydrogen-bond donors (Lipinski definition) is 2. The standard InChI is InChI=1S/C18H17FN2O/c1-18(2,13-11-20-15-9-5-3-7-12(13)15)17(22)21-16-10-6-4-8-14(16)19/h3-11,20H,1-2H3,(H,21,22). The highest BCUT2D eigenvalue weighted by Crippen LogP contribution is 2.31. The maximum Gasteiger partial charge on any atom is 0.234 e. The average molecular weight is 296 g/mol. The van der Waals surface area contributed by atoms with Gasteiger partial charge in [0.25, 0.3) is 0 Å². The number of carbonyl (C=O) groups excluding carboxylic acids is 1. The van der Waals surface area contributed by atoms with Gasteiger partial charge in [0, 0.05) is 17.1 Å². The van der Waals surface area contributed by atoms with Crippen molar-refractivity contribution in [2.24, 2.45) is 0 Å². The van der Waals surface area contributed by atoms with E-state index in [1.165, 1.54) is 6.07 Å². The highest BCUT2D eigenvalue weighted by Gasteiger charge is 2.32. The van der Waals surface area contributed by atoms with Crippen LogP contribution in [0.4, 0.5) is 10.1 Å². The van der Waals surface area contributed by atoms with E-state index in [1.54, 1.807) is 18.2 Å². The molecule has 3 aromatic rings. The van der Waals surface area contributed by atoms with Crippen LogP contribution in [0.1, 0.15) is 19.4 Å². The molecule has 0 bridgehead atoms. The van der Waals surface area contributed by atoms with Crippen molar-refractivity contribution in [2.45, 2.75) is 19.3 Å². The predicted molar refractivity (Wildman–Crippen MR) is 86.4 cm³/mol. The van der Waals surface area contributed by atoms with Gasteiger partial charge in [-0.3, -0.25) is 4.79 Å². The first-order valence-corrected chi connectivity index (χ1v) is 7.13. The Bertz CT molecular complexity index is 836. The summed E-state index contributed by atoms with van der Waals surface area (Å²) < 4.78 is 13.7. The minimum absolute atomic E-state index is 0.195. The first-order chi connectivity index (χ1) is 10.5. The molecule has 3 nitrogen and oxygen atoms in total. The summed E-state index contributed by atoms with van der Waals surface area (Å²) >= 11 is 0. The molecule has 0 aliphatic carbocycles. The third-order valence-electron chi connectivity index (χ3n) is 3.95. The summed E-state index contributed by atoms with van der Waals surface area (Å²) in [5, 5.41) is 3.67. The van der Waals surface area contributed by atoms with Crippen LogP contribution >= 0.6 is 0 Å². The normalized spacial score (nSPS) is 11.6. The molecule has 0 aliphatic rings. The van der Waals surface area contributed by atoms with Gasteiger partial charge in [-0.15, -0.1) is 0 Å². The van der Waals surface area contributed by atoms with Crippen molar-refractivity contribution in [3.05, 3.63) is 66.1 Å². The number of anilines is 1. The first-order valence-electron chi connectivity index (χ1n) is 7.13. The number of para-hydroxylation sites is 2. The molecule has 2 N–H and O–H groups in total. The molecule has 0 fully saturated rings. The molecule has 22 heavy (non-hydrogen) atoms. The van der Waals surface area contributed by atoms with Crippen LogP contribution in [0.3, 0.4) is 0 Å². The SMILES string of the molecule is CC(C)(C(=O)Nc1ccccc1F)c1c[nH]c2ccccc12. The summed E-state index contributed by atoms with van der Waals surface area (Å²) in [4.78, 5) is 15.8. The molecule has 2 aromatic carbocycles. The molecule has 0 spiro atoms. The molecule has 0 saturated carbocycles. The Hall–Kier alpha value is -2.62. The first kappa shape index (κ1) is 14.3. The number of nitrogens with one attached hydrogen (secondary N) is 2. The minimum atomic E-state index is -0.790. The zero-order valence-corrected chi connectivity index (χ0v) is 12.5. The van der Waals surface area contributed by atoms with Gasteiger partial charge in [0.1, 0.15) is 5.82 Å². The maximum absolute atomic E-state index is 13.7. The van der Waals surface area contributed by atoms with E-state index in [-0.39, 0.29) is 11.6 Å². The number of benzene rings is 2. The van der Waals surface area contributed by atoms with E-state index in [4.69, 9.17) is 0 Å². The number of H-pyrrole nitrogens is 1. The van der Waals surface area contributed by atoms with Gasteiger partial charge in [0.2, 0.25) is 5.91 Å². The average Bonchev–Trinajstić information content (AvgIpc) is 2.94. The molecule has 3 rings (SSSR count). The van der Waals surface area contributed by atoms with Crippen molar-refractivity contribution in [3.8, 4) is 0 Å². The number of hydrogen-bond acceptors (Lipinski definition) is 1. The molecular weight excluding hydrogens is 279 g/mol. The van der Waals surface area contributed by atoms with Gasteiger partial charge in [-0.2, -0.15) is 0 Å². The van der Waals surface area contributed by atoms with Gasteiger partial charge in [0.15, 0.2) is 0 Å². The van der Waals surface area contributed by atoms with Crippen molar-refractivity contribution in [3.63, 3.8) is 0 Å². The Morgan fingerprint density at radius 2 is 1.77 bits per heavy atom. The lowest BCUT2D eigenvalue weighted by molar-refractivity contribution is -0.120. The lowest BCUT2D eigenvalue weighted by Crippen LogP contribution is -2.34. The molecule has 1 amide bonds. The number of halogens is 1. The van der Waals surface area contributed by atoms with Crippen LogP contribution < -0.4 is 5.32 Å². The fourth-order valence-electron chi connectivity index (χ4n) is 2.55. The second-order valence-electron chi connectivity index (χ2n) is 5.81. The van der Waals surface area contributed by atoms with Crippen LogP contribution in [0.2, 0.25) is 0 Å². The Balaban J connectivity index is 1.95. The molecule has 0 radical (unpaired) electrons. The van der Waals surface area contributed by atoms with Gasteiger partial charge in [-0.25, -0.2) is 4.39 Å². The zero-order valence-electron chi connectivity index (χ0n) is 12.5. The fourth-order valence-corrected chi connectivity index (χ4v) is 2.55. The van der Waals surface area contributed by atoms with Crippen molar-refractivity contribution in [1.82, 2.24) is 4.98 Å². The monoisotopic (exact) mass is 296 g/mol. The van der Waals surface area contributed by atoms with Crippen LogP contribution in [0, 0.1) is 5.82 Å². The molecule has 1 heterocycles. The van der Waals surface area contributed by atoms with E-state index < -0.39 is 11.2 Å². The molecular formula is C18H17FN2O. The van der Waals surface area contributed by atoms with E-state index in [1.807, 2.05) is 44.3 Å². The smallest absolute Gasteiger partial charge is 0.234 e. The van der Waals surface area contributed by atoms with E-state index in [0.717, 1.165) is 16.5 Å². The maximum atomic E-state index is 13.7. The van der Waals surface area contributed by atoms with Crippen LogP contribution in [0.25, 0.3) is 10.9 Å². The Morgan fingerprint density at radius 1 is 1.09 bits per heavy atom. The van der Waals surface area contributed by atoms with Crippen LogP contribution in [0.5, 0.6) is 0 Å². The lowest BCUT2D eigenvalue weighted by atomic mass is 9.83. The van der Waals surface area contributed by atoms with E-state index >= 15 is 0 Å². The Morgan fingerprint density at radius 3 is 2.55 bits per heavy atom. The molecule has 112 valence electrons. The van der Waals surface area contributed by atoms with E-state index in [2.05, 4.69) is 10.3 Å². The highest BCUT2D eigenvalue weighted by molar-refractivity contribution is 6.01. The van der Waals surface area contributed by atoms with Gasteiger partial charge in [-0.1, -0.05) is 30.3 Å². The second-order valence-corrected chi connectivity index (χ2v) is 5.81. The Labute approximate surface area is 128 Å². The summed E-state index contributed by atoms with van der Waals surface area (Å²) in [5.41, 5.74) is 1.27. The predicted octanol–water partition coefficient (Wildman–Crippen LogP) is 4.22. The third-order valence-corrected chi connectivity index (χ3v) is 3.95. The number of rotatable bonds is 3. The Kier molecular flexibility index (Phi) is 3.45. The van der Waals surface area contributed by atoms with Gasteiger partial charge < -0.3 is 10.3 Å². The van der Waals surface area contributed by atoms with Gasteiger partial charge in [0.05, 0.1) is 11.1 Å². The topological polar surface area (TPSA) is 44.9 Å². The highest BCUT2D eigenvalue weighted by atomic mass is 19.1. The number of amides is 1. The number of aromatic amines is 1. The van der Waals surface area contributed by atoms with Crippen molar-refractivity contribution in [1.29, 1.82) is 0 Å². The van der Waals surface area contributed by atoms with E-state index in [0.29, 0.717) is 0 Å². The second kappa shape index (κ2) is 5.30. The molecule has 4 heteroatoms. The van der Waals surface area contributed by atoms with E-state index in [9.17, 15) is 9.18 Å². The summed E-state index contributed by atoms with van der Waals surface area (Å²) in [6.45, 7) is 3.66. The summed E-state index contributed by atoms with van der Waals surface area (Å²) in [7, 11) is 0. The largest absolute Gasteiger partial charge is 0.361 e. The van der Waals surface area contributed by atoms with Crippen LogP contribution in [-0.2, 0) is 10.2 Å². The zero-order chi connectivity index (χ0) is 15.7. The van der Waals surface area contributed by atoms with Gasteiger partial charge >= 0.3 is 0 Å². The number of carbonyl (C=O) groups is 1. The van der Waals surface area contributed by atoms with Gasteiger partial charge in [-0.05, 0) is 37.6 Å². The molecule has 0 saturated heterocycles. The summed E-state index contributed by atoms with van der Waals surface area (Å²) in [5.74, 6) is -0.687. The third kappa shape index (κ3) is 2.37. The number of aromatic nitrogens is 1. The number of fused-ring (bicyclic) bond motifs is 1.